The van der Waals surface area contributed by atoms with Gasteiger partial charge in [0, 0.05) is 0 Å². The van der Waals surface area contributed by atoms with Crippen molar-refractivity contribution in [2.75, 3.05) is 14.2 Å². The second-order valence-corrected chi connectivity index (χ2v) is 7.88. The van der Waals surface area contributed by atoms with Crippen LogP contribution in [0.15, 0.2) is 84.9 Å². The van der Waals surface area contributed by atoms with Gasteiger partial charge in [-0.15, -0.1) is 0 Å². The van der Waals surface area contributed by atoms with E-state index in [1.807, 2.05) is 12.1 Å². The predicted octanol–water partition coefficient (Wildman–Crippen LogP) is 7.47. The fraction of sp³-hybridized carbons (Fsp3) is 0.0714. The van der Waals surface area contributed by atoms with Crippen LogP contribution in [-0.2, 0) is 0 Å². The second-order valence-electron chi connectivity index (χ2n) is 7.88. The number of fused-ring (bicyclic) bond motifs is 5. The summed E-state index contributed by atoms with van der Waals surface area (Å²) in [5.74, 6) is 1.77. The second kappa shape index (κ2) is 6.36. The Morgan fingerprint density at radius 1 is 0.333 bits per heavy atom. The highest BCUT2D eigenvalue weighted by Gasteiger charge is 2.06. The molecule has 6 aromatic rings. The van der Waals surface area contributed by atoms with Gasteiger partial charge >= 0.3 is 0 Å². The molecule has 6 rings (SSSR count). The molecule has 0 aromatic heterocycles. The molecular formula is C28H20O2. The predicted molar refractivity (Wildman–Crippen MR) is 127 cm³/mol. The van der Waals surface area contributed by atoms with Gasteiger partial charge in [-0.1, -0.05) is 12.1 Å². The van der Waals surface area contributed by atoms with E-state index < -0.39 is 0 Å². The molecule has 0 atom stereocenters. The van der Waals surface area contributed by atoms with E-state index in [2.05, 4.69) is 72.8 Å². The maximum absolute atomic E-state index is 5.40. The lowest BCUT2D eigenvalue weighted by atomic mass is 9.96. The maximum atomic E-state index is 5.40. The number of methoxy groups -OCH3 is 2. The van der Waals surface area contributed by atoms with Gasteiger partial charge in [0.25, 0.3) is 0 Å². The van der Waals surface area contributed by atoms with Crippen molar-refractivity contribution in [3.8, 4) is 11.5 Å². The van der Waals surface area contributed by atoms with Crippen molar-refractivity contribution < 1.29 is 9.47 Å². The zero-order valence-electron chi connectivity index (χ0n) is 16.9. The number of hydrogen-bond acceptors (Lipinski definition) is 2. The Hall–Kier alpha value is -3.78. The largest absolute Gasteiger partial charge is 0.497 e. The number of benzene rings is 6. The summed E-state index contributed by atoms with van der Waals surface area (Å²) in [6.45, 7) is 0. The van der Waals surface area contributed by atoms with Crippen molar-refractivity contribution in [2.24, 2.45) is 0 Å². The molecule has 0 N–H and O–H groups in total. The molecular weight excluding hydrogens is 368 g/mol. The van der Waals surface area contributed by atoms with Gasteiger partial charge in [0.15, 0.2) is 0 Å². The molecule has 0 unspecified atom stereocenters. The summed E-state index contributed by atoms with van der Waals surface area (Å²) in [7, 11) is 3.42. The summed E-state index contributed by atoms with van der Waals surface area (Å²) in [6, 6.07) is 30.7. The highest BCUT2D eigenvalue weighted by molar-refractivity contribution is 6.10. The Bertz CT molecular complexity index is 1490. The summed E-state index contributed by atoms with van der Waals surface area (Å²) in [6.07, 6.45) is 0. The summed E-state index contributed by atoms with van der Waals surface area (Å²) < 4.78 is 10.8. The Balaban J connectivity index is 1.62. The lowest BCUT2D eigenvalue weighted by molar-refractivity contribution is 0.415. The minimum Gasteiger partial charge on any atom is -0.497 e. The minimum absolute atomic E-state index is 0.885. The van der Waals surface area contributed by atoms with Crippen LogP contribution in [0.25, 0.3) is 53.9 Å². The zero-order valence-corrected chi connectivity index (χ0v) is 16.9. The van der Waals surface area contributed by atoms with Gasteiger partial charge < -0.3 is 9.47 Å². The first-order chi connectivity index (χ1) is 14.7. The third kappa shape index (κ3) is 2.65. The molecule has 2 heteroatoms. The topological polar surface area (TPSA) is 18.5 Å². The van der Waals surface area contributed by atoms with E-state index in [4.69, 9.17) is 9.47 Å². The normalized spacial score (nSPS) is 11.7. The molecule has 0 amide bonds. The van der Waals surface area contributed by atoms with Crippen molar-refractivity contribution in [1.82, 2.24) is 0 Å². The van der Waals surface area contributed by atoms with Gasteiger partial charge in [-0.05, 0) is 127 Å². The van der Waals surface area contributed by atoms with Gasteiger partial charge in [0.05, 0.1) is 14.2 Å². The molecule has 6 aromatic carbocycles. The Morgan fingerprint density at radius 2 is 0.600 bits per heavy atom. The Morgan fingerprint density at radius 3 is 0.900 bits per heavy atom. The maximum Gasteiger partial charge on any atom is 0.119 e. The van der Waals surface area contributed by atoms with E-state index >= 15 is 0 Å². The SMILES string of the molecule is COc1ccc2cc3cc4cc5cc6ccc(OC)cc6cc5cc4cc3cc2c1. The first kappa shape index (κ1) is 17.1. The zero-order chi connectivity index (χ0) is 20.2. The molecule has 0 aliphatic rings. The molecule has 0 saturated carbocycles. The van der Waals surface area contributed by atoms with Gasteiger partial charge in [0.1, 0.15) is 11.5 Å². The average molecular weight is 388 g/mol. The minimum atomic E-state index is 0.885. The fourth-order valence-electron chi connectivity index (χ4n) is 4.46. The highest BCUT2D eigenvalue weighted by Crippen LogP contribution is 2.33. The van der Waals surface area contributed by atoms with Gasteiger partial charge in [-0.25, -0.2) is 0 Å². The van der Waals surface area contributed by atoms with Crippen molar-refractivity contribution >= 4 is 53.9 Å². The van der Waals surface area contributed by atoms with Crippen molar-refractivity contribution in [3.05, 3.63) is 84.9 Å². The third-order valence-corrected chi connectivity index (χ3v) is 6.08. The van der Waals surface area contributed by atoms with Crippen LogP contribution in [0.5, 0.6) is 11.5 Å². The average Bonchev–Trinajstić information content (AvgIpc) is 2.78. The van der Waals surface area contributed by atoms with E-state index in [0.29, 0.717) is 0 Å². The summed E-state index contributed by atoms with van der Waals surface area (Å²) in [5.41, 5.74) is 0. The molecule has 144 valence electrons. The van der Waals surface area contributed by atoms with E-state index in [-0.39, 0.29) is 0 Å². The van der Waals surface area contributed by atoms with Gasteiger partial charge in [0.2, 0.25) is 0 Å². The molecule has 0 fully saturated rings. The van der Waals surface area contributed by atoms with Crippen LogP contribution in [0.1, 0.15) is 0 Å². The smallest absolute Gasteiger partial charge is 0.119 e. The summed E-state index contributed by atoms with van der Waals surface area (Å²) >= 11 is 0. The van der Waals surface area contributed by atoms with Crippen LogP contribution in [0.3, 0.4) is 0 Å². The van der Waals surface area contributed by atoms with Crippen LogP contribution in [0, 0.1) is 0 Å². The lowest BCUT2D eigenvalue weighted by Crippen LogP contribution is -1.84. The quantitative estimate of drug-likeness (QED) is 0.286. The highest BCUT2D eigenvalue weighted by atomic mass is 16.5. The van der Waals surface area contributed by atoms with Gasteiger partial charge in [-0.3, -0.25) is 0 Å². The molecule has 0 heterocycles. The Labute approximate surface area is 174 Å². The van der Waals surface area contributed by atoms with Gasteiger partial charge in [-0.2, -0.15) is 0 Å². The van der Waals surface area contributed by atoms with Crippen LogP contribution in [-0.4, -0.2) is 14.2 Å². The number of rotatable bonds is 2. The molecule has 0 radical (unpaired) electrons. The molecule has 30 heavy (non-hydrogen) atoms. The Kier molecular flexibility index (Phi) is 3.63. The lowest BCUT2D eigenvalue weighted by Gasteiger charge is -2.09. The summed E-state index contributed by atoms with van der Waals surface area (Å²) in [4.78, 5) is 0. The van der Waals surface area contributed by atoms with E-state index in [9.17, 15) is 0 Å². The van der Waals surface area contributed by atoms with Crippen LogP contribution in [0.2, 0.25) is 0 Å². The first-order valence-electron chi connectivity index (χ1n) is 10.1. The number of ether oxygens (including phenoxy) is 2. The van der Waals surface area contributed by atoms with Crippen molar-refractivity contribution in [3.63, 3.8) is 0 Å². The molecule has 2 nitrogen and oxygen atoms in total. The monoisotopic (exact) mass is 388 g/mol. The standard InChI is InChI=1S/C28H20O2/c1-29-27-5-3-17-7-19-9-21-10-20-8-18-4-6-28(30-2)16-26(18)14-24(20)12-22(21)11-23(19)13-25(17)15-27/h3-16H,1-2H3. The molecule has 0 bridgehead atoms. The first-order valence-corrected chi connectivity index (χ1v) is 10.1. The molecule has 0 aliphatic heterocycles. The van der Waals surface area contributed by atoms with E-state index in [0.717, 1.165) is 11.5 Å². The molecule has 0 aliphatic carbocycles. The molecule has 0 saturated heterocycles. The van der Waals surface area contributed by atoms with Crippen LogP contribution < -0.4 is 9.47 Å². The van der Waals surface area contributed by atoms with E-state index in [1.165, 1.54) is 53.9 Å². The van der Waals surface area contributed by atoms with Crippen LogP contribution >= 0.6 is 0 Å². The van der Waals surface area contributed by atoms with Crippen molar-refractivity contribution in [1.29, 1.82) is 0 Å². The van der Waals surface area contributed by atoms with E-state index in [1.54, 1.807) is 14.2 Å². The van der Waals surface area contributed by atoms with Crippen LogP contribution in [0.4, 0.5) is 0 Å². The van der Waals surface area contributed by atoms with Crippen molar-refractivity contribution in [2.45, 2.75) is 0 Å². The summed E-state index contributed by atoms with van der Waals surface area (Å²) in [5, 5.41) is 12.3. The number of hydrogen-bond donors (Lipinski definition) is 0. The molecule has 0 spiro atoms. The fourth-order valence-corrected chi connectivity index (χ4v) is 4.46. The third-order valence-electron chi connectivity index (χ3n) is 6.08.